The number of anilines is 1. The van der Waals surface area contributed by atoms with E-state index in [1.807, 2.05) is 20.8 Å². The Hall–Kier alpha value is -1.23. The van der Waals surface area contributed by atoms with Crippen LogP contribution in [0.3, 0.4) is 0 Å². The molecule has 0 bridgehead atoms. The van der Waals surface area contributed by atoms with Crippen molar-refractivity contribution in [1.82, 2.24) is 0 Å². The van der Waals surface area contributed by atoms with Crippen LogP contribution < -0.4 is 4.90 Å². The monoisotopic (exact) mass is 275 g/mol. The zero-order valence-corrected chi connectivity index (χ0v) is 11.6. The molecule has 1 rings (SSSR count). The Morgan fingerprint density at radius 3 is 2.21 bits per heavy atom. The van der Waals surface area contributed by atoms with Gasteiger partial charge in [0.2, 0.25) is 0 Å². The number of hydrogen-bond acceptors (Lipinski definition) is 2. The molecule has 0 amide bonds. The molecule has 0 fully saturated rings. The van der Waals surface area contributed by atoms with Gasteiger partial charge in [-0.2, -0.15) is 13.2 Å². The zero-order valence-electron chi connectivity index (χ0n) is 11.6. The normalized spacial score (nSPS) is 13.7. The van der Waals surface area contributed by atoms with Crippen molar-refractivity contribution < 1.29 is 18.3 Å². The third kappa shape index (κ3) is 3.62. The smallest absolute Gasteiger partial charge is 0.392 e. The van der Waals surface area contributed by atoms with Gasteiger partial charge in [-0.05, 0) is 30.5 Å². The van der Waals surface area contributed by atoms with Gasteiger partial charge in [0.15, 0.2) is 0 Å². The number of rotatable bonds is 4. The van der Waals surface area contributed by atoms with Crippen LogP contribution in [-0.2, 0) is 12.8 Å². The van der Waals surface area contributed by atoms with Gasteiger partial charge in [0.05, 0.1) is 12.2 Å². The standard InChI is InChI=1S/C14H20F3NO/c1-9(2)10(3)18(4)13-6-5-11(8-19)7-12(13)14(15,16)17/h5-7,9-10,19H,8H2,1-4H3. The first-order chi connectivity index (χ1) is 8.68. The van der Waals surface area contributed by atoms with Crippen molar-refractivity contribution in [3.63, 3.8) is 0 Å². The largest absolute Gasteiger partial charge is 0.418 e. The van der Waals surface area contributed by atoms with Crippen LogP contribution in [0.1, 0.15) is 31.9 Å². The van der Waals surface area contributed by atoms with Gasteiger partial charge in [-0.15, -0.1) is 0 Å². The summed E-state index contributed by atoms with van der Waals surface area (Å²) in [5, 5.41) is 8.97. The fourth-order valence-electron chi connectivity index (χ4n) is 1.88. The molecule has 0 spiro atoms. The highest BCUT2D eigenvalue weighted by atomic mass is 19.4. The van der Waals surface area contributed by atoms with Crippen LogP contribution >= 0.6 is 0 Å². The van der Waals surface area contributed by atoms with Crippen LogP contribution in [0.2, 0.25) is 0 Å². The number of alkyl halides is 3. The Kier molecular flexibility index (Phi) is 4.85. The molecule has 5 heteroatoms. The van der Waals surface area contributed by atoms with Crippen LogP contribution in [0, 0.1) is 5.92 Å². The molecule has 1 aromatic carbocycles. The zero-order chi connectivity index (χ0) is 14.8. The van der Waals surface area contributed by atoms with E-state index in [1.165, 1.54) is 12.1 Å². The summed E-state index contributed by atoms with van der Waals surface area (Å²) in [5.74, 6) is 0.239. The van der Waals surface area contributed by atoms with E-state index < -0.39 is 18.3 Å². The number of aliphatic hydroxyl groups excluding tert-OH is 1. The maximum atomic E-state index is 13.1. The molecule has 0 aromatic heterocycles. The summed E-state index contributed by atoms with van der Waals surface area (Å²) in [7, 11) is 1.66. The van der Waals surface area contributed by atoms with Gasteiger partial charge >= 0.3 is 6.18 Å². The van der Waals surface area contributed by atoms with E-state index in [1.54, 1.807) is 11.9 Å². The number of nitrogens with zero attached hydrogens (tertiary/aromatic N) is 1. The van der Waals surface area contributed by atoms with Crippen molar-refractivity contribution in [3.8, 4) is 0 Å². The first kappa shape index (κ1) is 15.8. The van der Waals surface area contributed by atoms with E-state index >= 15 is 0 Å². The molecule has 0 heterocycles. The summed E-state index contributed by atoms with van der Waals surface area (Å²) >= 11 is 0. The van der Waals surface area contributed by atoms with Crippen molar-refractivity contribution in [2.24, 2.45) is 5.92 Å². The molecule has 0 aliphatic carbocycles. The highest BCUT2D eigenvalue weighted by Gasteiger charge is 2.35. The van der Waals surface area contributed by atoms with Crippen molar-refractivity contribution in [2.75, 3.05) is 11.9 Å². The second-order valence-corrected chi connectivity index (χ2v) is 5.10. The SMILES string of the molecule is CC(C)C(C)N(C)c1ccc(CO)cc1C(F)(F)F. The first-order valence-electron chi connectivity index (χ1n) is 6.22. The van der Waals surface area contributed by atoms with E-state index in [0.29, 0.717) is 0 Å². The van der Waals surface area contributed by atoms with Gasteiger partial charge < -0.3 is 10.0 Å². The van der Waals surface area contributed by atoms with Crippen molar-refractivity contribution >= 4 is 5.69 Å². The van der Waals surface area contributed by atoms with Gasteiger partial charge in [0.1, 0.15) is 0 Å². The lowest BCUT2D eigenvalue weighted by Crippen LogP contribution is -2.34. The summed E-state index contributed by atoms with van der Waals surface area (Å²) in [6.07, 6.45) is -4.43. The van der Waals surface area contributed by atoms with Crippen molar-refractivity contribution in [3.05, 3.63) is 29.3 Å². The summed E-state index contributed by atoms with van der Waals surface area (Å²) in [5.41, 5.74) is -0.290. The molecule has 0 saturated carbocycles. The molecule has 1 atom stereocenters. The Labute approximate surface area is 111 Å². The first-order valence-corrected chi connectivity index (χ1v) is 6.22. The van der Waals surface area contributed by atoms with Gasteiger partial charge in [0.25, 0.3) is 0 Å². The van der Waals surface area contributed by atoms with Crippen molar-refractivity contribution in [1.29, 1.82) is 0 Å². The lowest BCUT2D eigenvalue weighted by Gasteiger charge is -2.32. The van der Waals surface area contributed by atoms with Gasteiger partial charge in [0, 0.05) is 18.8 Å². The van der Waals surface area contributed by atoms with Crippen molar-refractivity contribution in [2.45, 2.75) is 39.6 Å². The summed E-state index contributed by atoms with van der Waals surface area (Å²) < 4.78 is 39.2. The number of halogens is 3. The molecule has 0 aliphatic heterocycles. The molecule has 0 radical (unpaired) electrons. The van der Waals surface area contributed by atoms with Crippen LogP contribution in [0.4, 0.5) is 18.9 Å². The number of hydrogen-bond donors (Lipinski definition) is 1. The second-order valence-electron chi connectivity index (χ2n) is 5.10. The minimum absolute atomic E-state index is 0.0129. The van der Waals surface area contributed by atoms with E-state index in [4.69, 9.17) is 5.11 Å². The molecule has 1 unspecified atom stereocenters. The second kappa shape index (κ2) is 5.82. The predicted octanol–water partition coefficient (Wildman–Crippen LogP) is 3.68. The average Bonchev–Trinajstić information content (AvgIpc) is 2.35. The molecule has 19 heavy (non-hydrogen) atoms. The predicted molar refractivity (Wildman–Crippen MR) is 70.1 cm³/mol. The number of benzene rings is 1. The minimum atomic E-state index is -4.43. The fraction of sp³-hybridized carbons (Fsp3) is 0.571. The van der Waals surface area contributed by atoms with E-state index in [2.05, 4.69) is 0 Å². The van der Waals surface area contributed by atoms with Crippen LogP contribution in [0.5, 0.6) is 0 Å². The molecular weight excluding hydrogens is 255 g/mol. The topological polar surface area (TPSA) is 23.5 Å². The molecule has 1 aromatic rings. The molecule has 0 aliphatic rings. The molecule has 108 valence electrons. The highest BCUT2D eigenvalue weighted by Crippen LogP contribution is 2.38. The average molecular weight is 275 g/mol. The maximum absolute atomic E-state index is 13.1. The Balaban J connectivity index is 3.27. The summed E-state index contributed by atoms with van der Waals surface area (Å²) in [4.78, 5) is 1.63. The molecule has 2 nitrogen and oxygen atoms in total. The lowest BCUT2D eigenvalue weighted by atomic mass is 10.0. The number of aliphatic hydroxyl groups is 1. The molecule has 1 N–H and O–H groups in total. The molecule has 0 saturated heterocycles. The van der Waals surface area contributed by atoms with Gasteiger partial charge in [-0.25, -0.2) is 0 Å². The van der Waals surface area contributed by atoms with Crippen LogP contribution in [-0.4, -0.2) is 18.2 Å². The van der Waals surface area contributed by atoms with E-state index in [9.17, 15) is 13.2 Å². The summed E-state index contributed by atoms with van der Waals surface area (Å²) in [6, 6.07) is 3.95. The van der Waals surface area contributed by atoms with Crippen LogP contribution in [0.25, 0.3) is 0 Å². The van der Waals surface area contributed by atoms with E-state index in [-0.39, 0.29) is 23.2 Å². The van der Waals surface area contributed by atoms with Gasteiger partial charge in [-0.3, -0.25) is 0 Å². The Morgan fingerprint density at radius 1 is 1.21 bits per heavy atom. The quantitative estimate of drug-likeness (QED) is 0.906. The summed E-state index contributed by atoms with van der Waals surface area (Å²) in [6.45, 7) is 5.44. The maximum Gasteiger partial charge on any atom is 0.418 e. The Bertz CT molecular complexity index is 429. The Morgan fingerprint density at radius 2 is 1.79 bits per heavy atom. The third-order valence-corrected chi connectivity index (χ3v) is 3.50. The third-order valence-electron chi connectivity index (χ3n) is 3.50. The van der Waals surface area contributed by atoms with E-state index in [0.717, 1.165) is 6.07 Å². The fourth-order valence-corrected chi connectivity index (χ4v) is 1.88. The van der Waals surface area contributed by atoms with Crippen LogP contribution in [0.15, 0.2) is 18.2 Å². The molecular formula is C14H20F3NO. The minimum Gasteiger partial charge on any atom is -0.392 e. The highest BCUT2D eigenvalue weighted by molar-refractivity contribution is 5.56. The lowest BCUT2D eigenvalue weighted by molar-refractivity contribution is -0.137. The van der Waals surface area contributed by atoms with Gasteiger partial charge in [-0.1, -0.05) is 19.9 Å².